The number of hydrogen-bond donors (Lipinski definition) is 2. The molecule has 3 rings (SSSR count). The minimum Gasteiger partial charge on any atom is -0.380 e. The van der Waals surface area contributed by atoms with Crippen LogP contribution >= 0.6 is 15.9 Å². The second-order valence-corrected chi connectivity index (χ2v) is 5.80. The van der Waals surface area contributed by atoms with Crippen LogP contribution in [0.25, 0.3) is 0 Å². The van der Waals surface area contributed by atoms with Gasteiger partial charge in [-0.05, 0) is 34.8 Å². The monoisotopic (exact) mass is 312 g/mol. The first-order valence-corrected chi connectivity index (χ1v) is 7.01. The number of rotatable bonds is 0. The van der Waals surface area contributed by atoms with Crippen LogP contribution in [0.2, 0.25) is 0 Å². The lowest BCUT2D eigenvalue weighted by Crippen LogP contribution is -2.37. The zero-order valence-electron chi connectivity index (χ0n) is 9.80. The van der Waals surface area contributed by atoms with Crippen molar-refractivity contribution < 1.29 is 9.18 Å². The minimum atomic E-state index is -0.360. The molecule has 2 unspecified atom stereocenters. The predicted molar refractivity (Wildman–Crippen MR) is 72.1 cm³/mol. The van der Waals surface area contributed by atoms with E-state index in [1.54, 1.807) is 6.07 Å². The number of benzene rings is 1. The van der Waals surface area contributed by atoms with Crippen molar-refractivity contribution in [3.8, 4) is 0 Å². The van der Waals surface area contributed by atoms with Crippen LogP contribution in [0.5, 0.6) is 0 Å². The molecular formula is C13H14BrFN2O. The van der Waals surface area contributed by atoms with E-state index in [1.165, 1.54) is 6.07 Å². The molecule has 2 aliphatic rings. The van der Waals surface area contributed by atoms with Crippen molar-refractivity contribution in [3.05, 3.63) is 22.4 Å². The number of amides is 1. The third-order valence-corrected chi connectivity index (χ3v) is 4.37. The van der Waals surface area contributed by atoms with Crippen molar-refractivity contribution in [2.24, 2.45) is 5.92 Å². The first kappa shape index (κ1) is 12.0. The van der Waals surface area contributed by atoms with E-state index in [-0.39, 0.29) is 23.7 Å². The van der Waals surface area contributed by atoms with Crippen LogP contribution in [0.15, 0.2) is 16.6 Å². The second-order valence-electron chi connectivity index (χ2n) is 4.94. The van der Waals surface area contributed by atoms with Gasteiger partial charge in [-0.15, -0.1) is 0 Å². The molecule has 5 heteroatoms. The SMILES string of the molecule is O=C1Nc2cc(F)c(Br)cc2NC2CCCCC12. The van der Waals surface area contributed by atoms with Crippen LogP contribution < -0.4 is 10.6 Å². The minimum absolute atomic E-state index is 0.00649. The molecule has 1 aliphatic heterocycles. The maximum absolute atomic E-state index is 13.5. The van der Waals surface area contributed by atoms with Crippen molar-refractivity contribution in [2.45, 2.75) is 31.7 Å². The van der Waals surface area contributed by atoms with Crippen LogP contribution in [0.1, 0.15) is 25.7 Å². The normalized spacial score (nSPS) is 26.4. The number of nitrogens with one attached hydrogen (secondary N) is 2. The quantitative estimate of drug-likeness (QED) is 0.769. The molecule has 1 aromatic rings. The summed E-state index contributed by atoms with van der Waals surface area (Å²) < 4.78 is 13.9. The Balaban J connectivity index is 2.00. The number of carbonyl (C=O) groups excluding carboxylic acids is 1. The van der Waals surface area contributed by atoms with Crippen LogP contribution in [0, 0.1) is 11.7 Å². The lowest BCUT2D eigenvalue weighted by atomic mass is 9.84. The van der Waals surface area contributed by atoms with Gasteiger partial charge in [-0.25, -0.2) is 4.39 Å². The highest BCUT2D eigenvalue weighted by atomic mass is 79.9. The highest BCUT2D eigenvalue weighted by Gasteiger charge is 2.34. The summed E-state index contributed by atoms with van der Waals surface area (Å²) in [6, 6.07) is 3.22. The van der Waals surface area contributed by atoms with Gasteiger partial charge in [-0.2, -0.15) is 0 Å². The molecule has 1 heterocycles. The average Bonchev–Trinajstić information content (AvgIpc) is 2.48. The Morgan fingerprint density at radius 2 is 2.00 bits per heavy atom. The van der Waals surface area contributed by atoms with Gasteiger partial charge in [0, 0.05) is 12.1 Å². The van der Waals surface area contributed by atoms with Gasteiger partial charge >= 0.3 is 0 Å². The van der Waals surface area contributed by atoms with E-state index in [0.717, 1.165) is 31.4 Å². The van der Waals surface area contributed by atoms with E-state index in [2.05, 4.69) is 26.6 Å². The molecule has 18 heavy (non-hydrogen) atoms. The Morgan fingerprint density at radius 1 is 1.22 bits per heavy atom. The third kappa shape index (κ3) is 2.00. The summed E-state index contributed by atoms with van der Waals surface area (Å²) in [5.74, 6) is -0.360. The van der Waals surface area contributed by atoms with Gasteiger partial charge in [0.2, 0.25) is 5.91 Å². The molecule has 0 saturated heterocycles. The molecule has 1 aromatic carbocycles. The lowest BCUT2D eigenvalue weighted by Gasteiger charge is -2.29. The zero-order chi connectivity index (χ0) is 12.7. The highest BCUT2D eigenvalue weighted by Crippen LogP contribution is 2.36. The number of fused-ring (bicyclic) bond motifs is 2. The zero-order valence-corrected chi connectivity index (χ0v) is 11.4. The molecule has 96 valence electrons. The van der Waals surface area contributed by atoms with Crippen molar-refractivity contribution in [3.63, 3.8) is 0 Å². The number of carbonyl (C=O) groups is 1. The highest BCUT2D eigenvalue weighted by molar-refractivity contribution is 9.10. The molecule has 0 aromatic heterocycles. The molecule has 1 saturated carbocycles. The molecule has 1 aliphatic carbocycles. The fraction of sp³-hybridized carbons (Fsp3) is 0.462. The molecule has 2 N–H and O–H groups in total. The summed E-state index contributed by atoms with van der Waals surface area (Å²) in [4.78, 5) is 12.1. The van der Waals surface area contributed by atoms with E-state index in [1.807, 2.05) is 0 Å². The first-order valence-electron chi connectivity index (χ1n) is 6.21. The third-order valence-electron chi connectivity index (χ3n) is 3.76. The average molecular weight is 313 g/mol. The molecule has 3 nitrogen and oxygen atoms in total. The van der Waals surface area contributed by atoms with Crippen LogP contribution in [0.3, 0.4) is 0 Å². The van der Waals surface area contributed by atoms with Gasteiger partial charge in [0.05, 0.1) is 21.8 Å². The lowest BCUT2D eigenvalue weighted by molar-refractivity contribution is -0.120. The Kier molecular flexibility index (Phi) is 3.01. The number of halogens is 2. The largest absolute Gasteiger partial charge is 0.380 e. The maximum atomic E-state index is 13.5. The topological polar surface area (TPSA) is 41.1 Å². The van der Waals surface area contributed by atoms with E-state index < -0.39 is 0 Å². The van der Waals surface area contributed by atoms with E-state index in [9.17, 15) is 9.18 Å². The van der Waals surface area contributed by atoms with Gasteiger partial charge in [0.15, 0.2) is 0 Å². The second kappa shape index (κ2) is 4.53. The van der Waals surface area contributed by atoms with Crippen LogP contribution in [0.4, 0.5) is 15.8 Å². The van der Waals surface area contributed by atoms with Crippen LogP contribution in [-0.2, 0) is 4.79 Å². The van der Waals surface area contributed by atoms with Crippen molar-refractivity contribution in [2.75, 3.05) is 10.6 Å². The molecule has 0 radical (unpaired) electrons. The van der Waals surface area contributed by atoms with Crippen molar-refractivity contribution >= 4 is 33.2 Å². The number of hydrogen-bond acceptors (Lipinski definition) is 2. The van der Waals surface area contributed by atoms with E-state index in [0.29, 0.717) is 10.2 Å². The fourth-order valence-electron chi connectivity index (χ4n) is 2.81. The summed E-state index contributed by atoms with van der Waals surface area (Å²) in [6.07, 6.45) is 4.12. The van der Waals surface area contributed by atoms with Crippen LogP contribution in [-0.4, -0.2) is 11.9 Å². The summed E-state index contributed by atoms with van der Waals surface area (Å²) >= 11 is 3.18. The summed E-state index contributed by atoms with van der Waals surface area (Å²) in [7, 11) is 0. The molecule has 2 atom stereocenters. The Hall–Kier alpha value is -1.10. The van der Waals surface area contributed by atoms with E-state index in [4.69, 9.17) is 0 Å². The summed E-state index contributed by atoms with van der Waals surface area (Å²) in [5.41, 5.74) is 1.33. The fourth-order valence-corrected chi connectivity index (χ4v) is 3.16. The smallest absolute Gasteiger partial charge is 0.229 e. The Bertz CT molecular complexity index is 506. The maximum Gasteiger partial charge on any atom is 0.229 e. The number of anilines is 2. The molecule has 0 bridgehead atoms. The van der Waals surface area contributed by atoms with Gasteiger partial charge in [0.25, 0.3) is 0 Å². The van der Waals surface area contributed by atoms with Gasteiger partial charge in [-0.1, -0.05) is 12.8 Å². The molecule has 1 fully saturated rings. The summed E-state index contributed by atoms with van der Waals surface area (Å²) in [6.45, 7) is 0. The molecule has 0 spiro atoms. The summed E-state index contributed by atoms with van der Waals surface area (Å²) in [5, 5.41) is 6.21. The van der Waals surface area contributed by atoms with Gasteiger partial charge < -0.3 is 10.6 Å². The Morgan fingerprint density at radius 3 is 2.83 bits per heavy atom. The van der Waals surface area contributed by atoms with Crippen molar-refractivity contribution in [1.29, 1.82) is 0 Å². The Labute approximate surface area is 113 Å². The molecule has 1 amide bonds. The van der Waals surface area contributed by atoms with Gasteiger partial charge in [-0.3, -0.25) is 4.79 Å². The van der Waals surface area contributed by atoms with E-state index >= 15 is 0 Å². The first-order chi connectivity index (χ1) is 8.65. The van der Waals surface area contributed by atoms with Gasteiger partial charge in [0.1, 0.15) is 5.82 Å². The standard InChI is InChI=1S/C13H14BrFN2O/c14-8-5-11-12(6-9(8)15)17-13(18)7-3-1-2-4-10(7)16-11/h5-7,10,16H,1-4H2,(H,17,18). The predicted octanol–water partition coefficient (Wildman–Crippen LogP) is 3.51. The van der Waals surface area contributed by atoms with Crippen molar-refractivity contribution in [1.82, 2.24) is 0 Å². The molecular weight excluding hydrogens is 299 g/mol.